The van der Waals surface area contributed by atoms with E-state index >= 15 is 0 Å². The fraction of sp³-hybridized carbons (Fsp3) is 0.294. The molecule has 2 heterocycles. The Bertz CT molecular complexity index is 739. The zero-order valence-corrected chi connectivity index (χ0v) is 12.7. The molecule has 0 bridgehead atoms. The Morgan fingerprint density at radius 1 is 1.14 bits per heavy atom. The van der Waals surface area contributed by atoms with E-state index in [2.05, 4.69) is 55.5 Å². The molecule has 3 rings (SSSR count). The summed E-state index contributed by atoms with van der Waals surface area (Å²) in [5.74, 6) is 0.879. The summed E-state index contributed by atoms with van der Waals surface area (Å²) in [6.45, 7) is 7.20. The summed E-state index contributed by atoms with van der Waals surface area (Å²) in [4.78, 5) is 4.78. The topological polar surface area (TPSA) is 42.7 Å². The molecular formula is C17H20N4. The van der Waals surface area contributed by atoms with E-state index in [4.69, 9.17) is 4.98 Å². The molecule has 0 spiro atoms. The van der Waals surface area contributed by atoms with Crippen LogP contribution < -0.4 is 5.32 Å². The van der Waals surface area contributed by atoms with E-state index in [1.165, 1.54) is 5.39 Å². The molecule has 0 amide bonds. The molecule has 0 aliphatic heterocycles. The summed E-state index contributed by atoms with van der Waals surface area (Å²) < 4.78 is 1.82. The maximum absolute atomic E-state index is 4.78. The van der Waals surface area contributed by atoms with Gasteiger partial charge in [-0.1, -0.05) is 24.3 Å². The quantitative estimate of drug-likeness (QED) is 0.800. The number of hydrogen-bond acceptors (Lipinski definition) is 3. The SMILES string of the molecule is CC(C)(C)NCc1cc2ccccc2c(-n2cccn2)n1. The van der Waals surface area contributed by atoms with Crippen molar-refractivity contribution < 1.29 is 0 Å². The summed E-state index contributed by atoms with van der Waals surface area (Å²) in [5, 5.41) is 10.1. The van der Waals surface area contributed by atoms with Crippen LogP contribution in [-0.4, -0.2) is 20.3 Å². The van der Waals surface area contributed by atoms with Gasteiger partial charge in [0.25, 0.3) is 0 Å². The smallest absolute Gasteiger partial charge is 0.161 e. The van der Waals surface area contributed by atoms with Crippen molar-refractivity contribution in [2.75, 3.05) is 0 Å². The molecule has 1 N–H and O–H groups in total. The van der Waals surface area contributed by atoms with Gasteiger partial charge in [-0.2, -0.15) is 5.10 Å². The molecule has 3 aromatic rings. The van der Waals surface area contributed by atoms with Gasteiger partial charge < -0.3 is 5.32 Å². The van der Waals surface area contributed by atoms with Crippen molar-refractivity contribution in [2.24, 2.45) is 0 Å². The molecule has 4 heteroatoms. The fourth-order valence-corrected chi connectivity index (χ4v) is 2.25. The molecule has 0 saturated carbocycles. The van der Waals surface area contributed by atoms with Crippen molar-refractivity contribution in [3.8, 4) is 5.82 Å². The van der Waals surface area contributed by atoms with Crippen molar-refractivity contribution in [2.45, 2.75) is 32.9 Å². The van der Waals surface area contributed by atoms with Gasteiger partial charge in [-0.25, -0.2) is 9.67 Å². The third-order valence-electron chi connectivity index (χ3n) is 3.29. The lowest BCUT2D eigenvalue weighted by Crippen LogP contribution is -2.35. The van der Waals surface area contributed by atoms with Crippen LogP contribution in [0.1, 0.15) is 26.5 Å². The highest BCUT2D eigenvalue weighted by molar-refractivity contribution is 5.88. The number of nitrogens with one attached hydrogen (secondary N) is 1. The van der Waals surface area contributed by atoms with Gasteiger partial charge in [-0.15, -0.1) is 0 Å². The summed E-state index contributed by atoms with van der Waals surface area (Å²) in [5.41, 5.74) is 1.09. The molecule has 4 nitrogen and oxygen atoms in total. The van der Waals surface area contributed by atoms with Crippen LogP contribution in [0.3, 0.4) is 0 Å². The standard InChI is InChI=1S/C17H20N4/c1-17(2,3)18-12-14-11-13-7-4-5-8-15(13)16(20-14)21-10-6-9-19-21/h4-11,18H,12H2,1-3H3. The van der Waals surface area contributed by atoms with Gasteiger partial charge in [-0.05, 0) is 38.3 Å². The monoisotopic (exact) mass is 280 g/mol. The van der Waals surface area contributed by atoms with Crippen molar-refractivity contribution >= 4 is 10.8 Å². The predicted octanol–water partition coefficient (Wildman–Crippen LogP) is 3.31. The molecule has 0 aliphatic carbocycles. The van der Waals surface area contributed by atoms with Gasteiger partial charge >= 0.3 is 0 Å². The highest BCUT2D eigenvalue weighted by atomic mass is 15.3. The number of rotatable bonds is 3. The predicted molar refractivity (Wildman–Crippen MR) is 85.5 cm³/mol. The fourth-order valence-electron chi connectivity index (χ4n) is 2.25. The molecule has 0 unspecified atom stereocenters. The largest absolute Gasteiger partial charge is 0.306 e. The van der Waals surface area contributed by atoms with Gasteiger partial charge in [0.1, 0.15) is 0 Å². The first kappa shape index (κ1) is 13.8. The minimum Gasteiger partial charge on any atom is -0.306 e. The highest BCUT2D eigenvalue weighted by Gasteiger charge is 2.12. The average Bonchev–Trinajstić information content (AvgIpc) is 2.97. The van der Waals surface area contributed by atoms with Gasteiger partial charge in [0.05, 0.1) is 5.69 Å². The molecular weight excluding hydrogens is 260 g/mol. The first-order chi connectivity index (χ1) is 10.0. The summed E-state index contributed by atoms with van der Waals surface area (Å²) >= 11 is 0. The third kappa shape index (κ3) is 3.11. The maximum Gasteiger partial charge on any atom is 0.161 e. The first-order valence-corrected chi connectivity index (χ1v) is 7.17. The molecule has 21 heavy (non-hydrogen) atoms. The van der Waals surface area contributed by atoms with E-state index < -0.39 is 0 Å². The van der Waals surface area contributed by atoms with Crippen LogP contribution in [0.2, 0.25) is 0 Å². The minimum absolute atomic E-state index is 0.0686. The maximum atomic E-state index is 4.78. The van der Waals surface area contributed by atoms with E-state index in [1.54, 1.807) is 6.20 Å². The van der Waals surface area contributed by atoms with Gasteiger partial charge in [0.2, 0.25) is 0 Å². The molecule has 1 aromatic carbocycles. The van der Waals surface area contributed by atoms with Gasteiger partial charge in [0.15, 0.2) is 5.82 Å². The van der Waals surface area contributed by atoms with Crippen LogP contribution >= 0.6 is 0 Å². The third-order valence-corrected chi connectivity index (χ3v) is 3.29. The van der Waals surface area contributed by atoms with Crippen molar-refractivity contribution in [3.05, 3.63) is 54.5 Å². The van der Waals surface area contributed by atoms with Crippen LogP contribution in [0.5, 0.6) is 0 Å². The van der Waals surface area contributed by atoms with Gasteiger partial charge in [0, 0.05) is 29.9 Å². The minimum atomic E-state index is 0.0686. The van der Waals surface area contributed by atoms with E-state index in [9.17, 15) is 0 Å². The molecule has 0 radical (unpaired) electrons. The average molecular weight is 280 g/mol. The highest BCUT2D eigenvalue weighted by Crippen LogP contribution is 2.21. The molecule has 0 fully saturated rings. The van der Waals surface area contributed by atoms with Crippen LogP contribution in [0.4, 0.5) is 0 Å². The van der Waals surface area contributed by atoms with E-state index in [1.807, 2.05) is 23.0 Å². The number of hydrogen-bond donors (Lipinski definition) is 1. The Balaban J connectivity index is 2.07. The van der Waals surface area contributed by atoms with Crippen molar-refractivity contribution in [1.29, 1.82) is 0 Å². The number of aromatic nitrogens is 3. The molecule has 0 atom stereocenters. The lowest BCUT2D eigenvalue weighted by molar-refractivity contribution is 0.421. The Morgan fingerprint density at radius 2 is 1.95 bits per heavy atom. The summed E-state index contributed by atoms with van der Waals surface area (Å²) in [6.07, 6.45) is 3.70. The number of nitrogens with zero attached hydrogens (tertiary/aromatic N) is 3. The van der Waals surface area contributed by atoms with Crippen LogP contribution in [0, 0.1) is 0 Å². The lowest BCUT2D eigenvalue weighted by Gasteiger charge is -2.20. The molecule has 0 saturated heterocycles. The second kappa shape index (κ2) is 5.30. The van der Waals surface area contributed by atoms with E-state index in [0.717, 1.165) is 23.4 Å². The second-order valence-electron chi connectivity index (χ2n) is 6.21. The Kier molecular flexibility index (Phi) is 3.47. The Labute approximate surface area is 124 Å². The first-order valence-electron chi connectivity index (χ1n) is 7.17. The summed E-state index contributed by atoms with van der Waals surface area (Å²) in [7, 11) is 0. The van der Waals surface area contributed by atoms with Crippen LogP contribution in [-0.2, 0) is 6.54 Å². The Hall–Kier alpha value is -2.20. The van der Waals surface area contributed by atoms with Crippen LogP contribution in [0.25, 0.3) is 16.6 Å². The van der Waals surface area contributed by atoms with Crippen molar-refractivity contribution in [1.82, 2.24) is 20.1 Å². The zero-order valence-electron chi connectivity index (χ0n) is 12.7. The summed E-state index contributed by atoms with van der Waals surface area (Å²) in [6, 6.07) is 12.3. The zero-order chi connectivity index (χ0) is 14.9. The van der Waals surface area contributed by atoms with E-state index in [0.29, 0.717) is 0 Å². The molecule has 2 aromatic heterocycles. The lowest BCUT2D eigenvalue weighted by atomic mass is 10.1. The van der Waals surface area contributed by atoms with Gasteiger partial charge in [-0.3, -0.25) is 0 Å². The van der Waals surface area contributed by atoms with Crippen LogP contribution in [0.15, 0.2) is 48.8 Å². The number of benzene rings is 1. The normalized spacial score (nSPS) is 12.0. The Morgan fingerprint density at radius 3 is 2.67 bits per heavy atom. The van der Waals surface area contributed by atoms with Crippen molar-refractivity contribution in [3.63, 3.8) is 0 Å². The number of pyridine rings is 1. The molecule has 0 aliphatic rings. The molecule has 108 valence electrons. The van der Waals surface area contributed by atoms with E-state index in [-0.39, 0.29) is 5.54 Å². The second-order valence-corrected chi connectivity index (χ2v) is 6.21. The number of fused-ring (bicyclic) bond motifs is 1.